The summed E-state index contributed by atoms with van der Waals surface area (Å²) in [6, 6.07) is 13.5. The monoisotopic (exact) mass is 301 g/mol. The number of nitriles is 1. The summed E-state index contributed by atoms with van der Waals surface area (Å²) in [6.45, 7) is 0.208. The molecule has 3 nitrogen and oxygen atoms in total. The van der Waals surface area contributed by atoms with Crippen LogP contribution < -0.4 is 9.47 Å². The lowest BCUT2D eigenvalue weighted by molar-refractivity contribution is 0.174. The Morgan fingerprint density at radius 2 is 1.78 bits per heavy atom. The van der Waals surface area contributed by atoms with Gasteiger partial charge < -0.3 is 9.47 Å². The summed E-state index contributed by atoms with van der Waals surface area (Å²) < 4.78 is 11.6. The van der Waals surface area contributed by atoms with Crippen molar-refractivity contribution in [2.24, 2.45) is 0 Å². The van der Waals surface area contributed by atoms with Crippen LogP contribution in [0.25, 0.3) is 11.1 Å². The Kier molecular flexibility index (Phi) is 2.69. The molecule has 0 aliphatic carbocycles. The summed E-state index contributed by atoms with van der Waals surface area (Å²) in [7, 11) is 0. The zero-order valence-electron chi connectivity index (χ0n) is 9.31. The highest BCUT2D eigenvalue weighted by Crippen LogP contribution is 2.40. The van der Waals surface area contributed by atoms with Gasteiger partial charge in [0.2, 0.25) is 6.79 Å². The number of benzene rings is 2. The van der Waals surface area contributed by atoms with Gasteiger partial charge in [-0.25, -0.2) is 0 Å². The third-order valence-corrected chi connectivity index (χ3v) is 3.49. The van der Waals surface area contributed by atoms with Crippen molar-refractivity contribution in [1.29, 1.82) is 5.26 Å². The molecule has 4 heteroatoms. The quantitative estimate of drug-likeness (QED) is 0.806. The zero-order valence-corrected chi connectivity index (χ0v) is 10.9. The Bertz CT molecular complexity index is 661. The third-order valence-electron chi connectivity index (χ3n) is 2.80. The van der Waals surface area contributed by atoms with E-state index in [0.29, 0.717) is 17.1 Å². The van der Waals surface area contributed by atoms with E-state index in [1.165, 1.54) is 0 Å². The van der Waals surface area contributed by atoms with Gasteiger partial charge in [0.05, 0.1) is 11.6 Å². The van der Waals surface area contributed by atoms with Crippen molar-refractivity contribution < 1.29 is 9.47 Å². The molecule has 0 spiro atoms. The van der Waals surface area contributed by atoms with E-state index >= 15 is 0 Å². The second kappa shape index (κ2) is 4.35. The van der Waals surface area contributed by atoms with E-state index in [1.54, 1.807) is 6.07 Å². The molecule has 88 valence electrons. The van der Waals surface area contributed by atoms with Crippen molar-refractivity contribution in [3.8, 4) is 28.7 Å². The lowest BCUT2D eigenvalue weighted by Gasteiger charge is -2.08. The highest BCUT2D eigenvalue weighted by atomic mass is 79.9. The van der Waals surface area contributed by atoms with E-state index < -0.39 is 0 Å². The number of hydrogen-bond acceptors (Lipinski definition) is 3. The number of fused-ring (bicyclic) bond motifs is 1. The van der Waals surface area contributed by atoms with Crippen LogP contribution in [0.1, 0.15) is 5.56 Å². The molecule has 2 aromatic rings. The van der Waals surface area contributed by atoms with E-state index in [0.717, 1.165) is 15.6 Å². The Hall–Kier alpha value is -1.99. The number of hydrogen-bond donors (Lipinski definition) is 0. The van der Waals surface area contributed by atoms with Crippen LogP contribution in [0.5, 0.6) is 11.5 Å². The van der Waals surface area contributed by atoms with Gasteiger partial charge in [-0.05, 0) is 17.7 Å². The SMILES string of the molecule is N#Cc1cc2c(cc1-c1ccccc1Br)OCO2. The maximum atomic E-state index is 9.24. The predicted octanol–water partition coefficient (Wildman–Crippen LogP) is 3.72. The Morgan fingerprint density at radius 1 is 1.06 bits per heavy atom. The minimum atomic E-state index is 0.208. The van der Waals surface area contributed by atoms with Gasteiger partial charge in [-0.2, -0.15) is 5.26 Å². The summed E-state index contributed by atoms with van der Waals surface area (Å²) in [5.41, 5.74) is 2.38. The molecule has 0 saturated carbocycles. The second-order valence-electron chi connectivity index (χ2n) is 3.84. The molecule has 1 aliphatic rings. The van der Waals surface area contributed by atoms with E-state index in [9.17, 15) is 5.26 Å². The Labute approximate surface area is 113 Å². The lowest BCUT2D eigenvalue weighted by Crippen LogP contribution is -1.92. The number of rotatable bonds is 1. The topological polar surface area (TPSA) is 42.2 Å². The van der Waals surface area contributed by atoms with Crippen LogP contribution in [0.3, 0.4) is 0 Å². The van der Waals surface area contributed by atoms with Crippen molar-refractivity contribution in [2.75, 3.05) is 6.79 Å². The van der Waals surface area contributed by atoms with Gasteiger partial charge >= 0.3 is 0 Å². The largest absolute Gasteiger partial charge is 0.454 e. The molecule has 0 saturated heterocycles. The number of nitrogens with zero attached hydrogens (tertiary/aromatic N) is 1. The van der Waals surface area contributed by atoms with Gasteiger partial charge in [0.15, 0.2) is 11.5 Å². The average molecular weight is 302 g/mol. The van der Waals surface area contributed by atoms with Crippen molar-refractivity contribution in [3.05, 3.63) is 46.4 Å². The van der Waals surface area contributed by atoms with Crippen LogP contribution in [-0.2, 0) is 0 Å². The van der Waals surface area contributed by atoms with Crippen molar-refractivity contribution in [3.63, 3.8) is 0 Å². The van der Waals surface area contributed by atoms with E-state index in [4.69, 9.17) is 9.47 Å². The van der Waals surface area contributed by atoms with Crippen LogP contribution in [0, 0.1) is 11.3 Å². The van der Waals surface area contributed by atoms with Crippen LogP contribution in [0.4, 0.5) is 0 Å². The Balaban J connectivity index is 2.24. The van der Waals surface area contributed by atoms with Gasteiger partial charge in [0, 0.05) is 16.1 Å². The molecule has 3 rings (SSSR count). The van der Waals surface area contributed by atoms with Gasteiger partial charge in [-0.3, -0.25) is 0 Å². The molecule has 2 aromatic carbocycles. The summed E-state index contributed by atoms with van der Waals surface area (Å²) in [4.78, 5) is 0. The molecule has 1 aliphatic heterocycles. The second-order valence-corrected chi connectivity index (χ2v) is 4.70. The van der Waals surface area contributed by atoms with Crippen LogP contribution in [0.2, 0.25) is 0 Å². The lowest BCUT2D eigenvalue weighted by atomic mass is 9.99. The minimum absolute atomic E-state index is 0.208. The van der Waals surface area contributed by atoms with Gasteiger partial charge in [0.1, 0.15) is 0 Å². The van der Waals surface area contributed by atoms with Crippen molar-refractivity contribution >= 4 is 15.9 Å². The molecule has 0 bridgehead atoms. The van der Waals surface area contributed by atoms with Crippen LogP contribution in [0.15, 0.2) is 40.9 Å². The average Bonchev–Trinajstić information content (AvgIpc) is 2.85. The molecule has 0 atom stereocenters. The fourth-order valence-electron chi connectivity index (χ4n) is 1.94. The van der Waals surface area contributed by atoms with Crippen molar-refractivity contribution in [1.82, 2.24) is 0 Å². The number of halogens is 1. The third kappa shape index (κ3) is 1.73. The number of ether oxygens (including phenoxy) is 2. The first-order valence-electron chi connectivity index (χ1n) is 5.38. The molecule has 18 heavy (non-hydrogen) atoms. The first-order valence-corrected chi connectivity index (χ1v) is 6.17. The summed E-state index contributed by atoms with van der Waals surface area (Å²) in [6.07, 6.45) is 0. The smallest absolute Gasteiger partial charge is 0.231 e. The fourth-order valence-corrected chi connectivity index (χ4v) is 2.44. The molecular weight excluding hydrogens is 294 g/mol. The summed E-state index contributed by atoms with van der Waals surface area (Å²) in [5.74, 6) is 1.31. The van der Waals surface area contributed by atoms with E-state index in [2.05, 4.69) is 22.0 Å². The molecule has 0 aromatic heterocycles. The zero-order chi connectivity index (χ0) is 12.5. The fraction of sp³-hybridized carbons (Fsp3) is 0.0714. The summed E-state index contributed by atoms with van der Waals surface area (Å²) >= 11 is 3.50. The summed E-state index contributed by atoms with van der Waals surface area (Å²) in [5, 5.41) is 9.24. The van der Waals surface area contributed by atoms with E-state index in [-0.39, 0.29) is 6.79 Å². The van der Waals surface area contributed by atoms with Gasteiger partial charge in [-0.1, -0.05) is 34.1 Å². The van der Waals surface area contributed by atoms with E-state index in [1.807, 2.05) is 30.3 Å². The highest BCUT2D eigenvalue weighted by molar-refractivity contribution is 9.10. The molecule has 0 radical (unpaired) electrons. The molecule has 1 heterocycles. The van der Waals surface area contributed by atoms with Crippen LogP contribution >= 0.6 is 15.9 Å². The first kappa shape index (κ1) is 11.1. The standard InChI is InChI=1S/C14H8BrNO2/c15-12-4-2-1-3-10(12)11-6-14-13(17-8-18-14)5-9(11)7-16/h1-6H,8H2. The van der Waals surface area contributed by atoms with Gasteiger partial charge in [0.25, 0.3) is 0 Å². The van der Waals surface area contributed by atoms with Crippen molar-refractivity contribution in [2.45, 2.75) is 0 Å². The van der Waals surface area contributed by atoms with Gasteiger partial charge in [-0.15, -0.1) is 0 Å². The minimum Gasteiger partial charge on any atom is -0.454 e. The first-order chi connectivity index (χ1) is 8.79. The molecular formula is C14H8BrNO2. The normalized spacial score (nSPS) is 12.2. The Morgan fingerprint density at radius 3 is 2.50 bits per heavy atom. The molecule has 0 N–H and O–H groups in total. The maximum Gasteiger partial charge on any atom is 0.231 e. The maximum absolute atomic E-state index is 9.24. The molecule has 0 amide bonds. The van der Waals surface area contributed by atoms with Crippen LogP contribution in [-0.4, -0.2) is 6.79 Å². The predicted molar refractivity (Wildman–Crippen MR) is 70.4 cm³/mol. The molecule has 0 unspecified atom stereocenters. The highest BCUT2D eigenvalue weighted by Gasteiger charge is 2.18. The molecule has 0 fully saturated rings.